The van der Waals surface area contributed by atoms with Crippen molar-refractivity contribution < 1.29 is 9.59 Å². The maximum Gasteiger partial charge on any atom is 0.324 e. The first-order valence-electron chi connectivity index (χ1n) is 4.36. The van der Waals surface area contributed by atoms with Gasteiger partial charge in [-0.05, 0) is 5.92 Å². The summed E-state index contributed by atoms with van der Waals surface area (Å²) in [4.78, 5) is 23.4. The summed E-state index contributed by atoms with van der Waals surface area (Å²) in [6.07, 6.45) is 0. The number of hydrogen-bond acceptors (Lipinski definition) is 3. The van der Waals surface area contributed by atoms with Crippen LogP contribution in [-0.2, 0) is 4.79 Å². The Labute approximate surface area is 77.3 Å². The maximum absolute atomic E-state index is 11.1. The monoisotopic (exact) mass is 185 g/mol. The zero-order valence-corrected chi connectivity index (χ0v) is 7.91. The van der Waals surface area contributed by atoms with Crippen LogP contribution < -0.4 is 11.1 Å². The van der Waals surface area contributed by atoms with E-state index in [1.807, 2.05) is 13.8 Å². The number of carbonyl (C=O) groups is 2. The van der Waals surface area contributed by atoms with Crippen molar-refractivity contribution in [2.45, 2.75) is 19.9 Å². The summed E-state index contributed by atoms with van der Waals surface area (Å²) in [6, 6.07) is -0.478. The highest BCUT2D eigenvalue weighted by Crippen LogP contribution is 2.05. The fraction of sp³-hybridized carbons (Fsp3) is 0.750. The molecule has 3 N–H and O–H groups in total. The lowest BCUT2D eigenvalue weighted by molar-refractivity contribution is -0.125. The number of nitrogens with one attached hydrogen (secondary N) is 1. The number of amides is 3. The van der Waals surface area contributed by atoms with E-state index in [1.54, 1.807) is 0 Å². The number of hydrogen-bond donors (Lipinski definition) is 2. The van der Waals surface area contributed by atoms with Crippen LogP contribution in [0.3, 0.4) is 0 Å². The SMILES string of the molecule is CC(C)[C@H](N)CN1C(=O)CNC1=O. The summed E-state index contributed by atoms with van der Waals surface area (Å²) in [6.45, 7) is 4.33. The van der Waals surface area contributed by atoms with Gasteiger partial charge in [-0.15, -0.1) is 0 Å². The molecular formula is C8H15N3O2. The van der Waals surface area contributed by atoms with Crippen molar-refractivity contribution in [2.75, 3.05) is 13.1 Å². The molecule has 0 bridgehead atoms. The van der Waals surface area contributed by atoms with E-state index < -0.39 is 0 Å². The molecule has 13 heavy (non-hydrogen) atoms. The molecule has 1 aliphatic rings. The third-order valence-corrected chi connectivity index (χ3v) is 2.19. The summed E-state index contributed by atoms with van der Waals surface area (Å²) < 4.78 is 0. The molecule has 0 spiro atoms. The first-order chi connectivity index (χ1) is 6.02. The van der Waals surface area contributed by atoms with Gasteiger partial charge in [-0.1, -0.05) is 13.8 Å². The van der Waals surface area contributed by atoms with Gasteiger partial charge in [0.05, 0.1) is 6.54 Å². The van der Waals surface area contributed by atoms with Crippen LogP contribution in [0.4, 0.5) is 4.79 Å². The average Bonchev–Trinajstić information content (AvgIpc) is 2.35. The van der Waals surface area contributed by atoms with Gasteiger partial charge in [-0.3, -0.25) is 9.69 Å². The molecule has 1 heterocycles. The Morgan fingerprint density at radius 2 is 2.15 bits per heavy atom. The van der Waals surface area contributed by atoms with Gasteiger partial charge in [0.1, 0.15) is 0 Å². The Kier molecular flexibility index (Phi) is 2.87. The van der Waals surface area contributed by atoms with Crippen LogP contribution >= 0.6 is 0 Å². The topological polar surface area (TPSA) is 75.4 Å². The third kappa shape index (κ3) is 2.18. The molecule has 0 aromatic heterocycles. The van der Waals surface area contributed by atoms with Crippen molar-refractivity contribution in [3.05, 3.63) is 0 Å². The lowest BCUT2D eigenvalue weighted by Gasteiger charge is -2.20. The van der Waals surface area contributed by atoms with Gasteiger partial charge in [0, 0.05) is 12.6 Å². The Bertz CT molecular complexity index is 211. The van der Waals surface area contributed by atoms with Crippen LogP contribution in [0.25, 0.3) is 0 Å². The highest BCUT2D eigenvalue weighted by atomic mass is 16.2. The van der Waals surface area contributed by atoms with Gasteiger partial charge in [-0.2, -0.15) is 0 Å². The summed E-state index contributed by atoms with van der Waals surface area (Å²) in [7, 11) is 0. The zero-order valence-electron chi connectivity index (χ0n) is 7.91. The predicted molar refractivity (Wildman–Crippen MR) is 47.9 cm³/mol. The molecule has 5 nitrogen and oxygen atoms in total. The number of urea groups is 1. The molecule has 3 amide bonds. The minimum absolute atomic E-state index is 0.101. The van der Waals surface area contributed by atoms with E-state index in [2.05, 4.69) is 5.32 Å². The molecule has 1 rings (SSSR count). The van der Waals surface area contributed by atoms with Gasteiger partial charge in [0.2, 0.25) is 5.91 Å². The van der Waals surface area contributed by atoms with Crippen LogP contribution in [-0.4, -0.2) is 36.0 Å². The normalized spacial score (nSPS) is 19.5. The number of imide groups is 1. The van der Waals surface area contributed by atoms with E-state index in [-0.39, 0.29) is 30.4 Å². The Morgan fingerprint density at radius 3 is 2.54 bits per heavy atom. The molecule has 1 aliphatic heterocycles. The third-order valence-electron chi connectivity index (χ3n) is 2.19. The number of carbonyl (C=O) groups excluding carboxylic acids is 2. The van der Waals surface area contributed by atoms with Crippen LogP contribution in [0, 0.1) is 5.92 Å². The summed E-state index contributed by atoms with van der Waals surface area (Å²) in [5.41, 5.74) is 5.75. The molecule has 0 unspecified atom stereocenters. The van der Waals surface area contributed by atoms with Crippen molar-refractivity contribution >= 4 is 11.9 Å². The Balaban J connectivity index is 2.52. The van der Waals surface area contributed by atoms with E-state index in [4.69, 9.17) is 5.73 Å². The molecule has 0 saturated carbocycles. The van der Waals surface area contributed by atoms with E-state index >= 15 is 0 Å². The van der Waals surface area contributed by atoms with Crippen molar-refractivity contribution in [2.24, 2.45) is 11.7 Å². The van der Waals surface area contributed by atoms with Gasteiger partial charge in [0.25, 0.3) is 0 Å². The molecule has 1 atom stereocenters. The fourth-order valence-corrected chi connectivity index (χ4v) is 1.06. The van der Waals surface area contributed by atoms with Crippen molar-refractivity contribution in [3.8, 4) is 0 Å². The molecule has 0 aromatic carbocycles. The fourth-order valence-electron chi connectivity index (χ4n) is 1.06. The Hall–Kier alpha value is -1.10. The van der Waals surface area contributed by atoms with E-state index in [1.165, 1.54) is 4.90 Å². The standard InChI is InChI=1S/C8H15N3O2/c1-5(2)6(9)4-11-7(12)3-10-8(11)13/h5-6H,3-4,9H2,1-2H3,(H,10,13)/t6-/m1/s1. The average molecular weight is 185 g/mol. The van der Waals surface area contributed by atoms with Gasteiger partial charge in [0.15, 0.2) is 0 Å². The van der Waals surface area contributed by atoms with Gasteiger partial charge in [-0.25, -0.2) is 4.79 Å². The van der Waals surface area contributed by atoms with Gasteiger partial charge >= 0.3 is 6.03 Å². The highest BCUT2D eigenvalue weighted by molar-refractivity contribution is 6.01. The second kappa shape index (κ2) is 3.74. The minimum atomic E-state index is -0.332. The number of rotatable bonds is 3. The lowest BCUT2D eigenvalue weighted by atomic mass is 10.1. The summed E-state index contributed by atoms with van der Waals surface area (Å²) in [5.74, 6) is 0.0716. The number of nitrogens with zero attached hydrogens (tertiary/aromatic N) is 1. The minimum Gasteiger partial charge on any atom is -0.329 e. The van der Waals surface area contributed by atoms with Crippen molar-refractivity contribution in [1.82, 2.24) is 10.2 Å². The van der Waals surface area contributed by atoms with E-state index in [0.29, 0.717) is 6.54 Å². The molecular weight excluding hydrogens is 170 g/mol. The molecule has 0 aliphatic carbocycles. The molecule has 0 aromatic rings. The van der Waals surface area contributed by atoms with Crippen LogP contribution in [0.2, 0.25) is 0 Å². The predicted octanol–water partition coefficient (Wildman–Crippen LogP) is -0.478. The quantitative estimate of drug-likeness (QED) is 0.583. The van der Waals surface area contributed by atoms with Crippen molar-refractivity contribution in [3.63, 3.8) is 0 Å². The second-order valence-corrected chi connectivity index (χ2v) is 3.57. The largest absolute Gasteiger partial charge is 0.329 e. The number of nitrogens with two attached hydrogens (primary N) is 1. The van der Waals surface area contributed by atoms with Crippen molar-refractivity contribution in [1.29, 1.82) is 0 Å². The van der Waals surface area contributed by atoms with Gasteiger partial charge < -0.3 is 11.1 Å². The molecule has 0 radical (unpaired) electrons. The van der Waals surface area contributed by atoms with Crippen LogP contribution in [0.5, 0.6) is 0 Å². The van der Waals surface area contributed by atoms with E-state index in [0.717, 1.165) is 0 Å². The second-order valence-electron chi connectivity index (χ2n) is 3.57. The summed E-state index contributed by atoms with van der Waals surface area (Å²) >= 11 is 0. The van der Waals surface area contributed by atoms with Crippen LogP contribution in [0.15, 0.2) is 0 Å². The maximum atomic E-state index is 11.1. The zero-order chi connectivity index (χ0) is 10.0. The van der Waals surface area contributed by atoms with E-state index in [9.17, 15) is 9.59 Å². The molecule has 1 saturated heterocycles. The first-order valence-corrected chi connectivity index (χ1v) is 4.36. The molecule has 1 fully saturated rings. The van der Waals surface area contributed by atoms with Crippen LogP contribution in [0.1, 0.15) is 13.8 Å². The summed E-state index contributed by atoms with van der Waals surface area (Å²) in [5, 5.41) is 2.45. The highest BCUT2D eigenvalue weighted by Gasteiger charge is 2.30. The smallest absolute Gasteiger partial charge is 0.324 e. The molecule has 74 valence electrons. The Morgan fingerprint density at radius 1 is 1.54 bits per heavy atom. The molecule has 5 heteroatoms. The first kappa shape index (κ1) is 9.98. The lowest BCUT2D eigenvalue weighted by Crippen LogP contribution is -2.43.